The maximum Gasteiger partial charge on any atom is 0.244 e. The second-order valence-corrected chi connectivity index (χ2v) is 6.92. The first-order valence-electron chi connectivity index (χ1n) is 6.15. The van der Waals surface area contributed by atoms with Crippen LogP contribution in [0.4, 0.5) is 0 Å². The molecule has 0 spiro atoms. The molecule has 108 valence electrons. The third kappa shape index (κ3) is 3.42. The molecule has 6 heteroatoms. The second kappa shape index (κ2) is 6.27. The van der Waals surface area contributed by atoms with Gasteiger partial charge in [-0.2, -0.15) is 9.57 Å². The standard InChI is InChI=1S/C15H13ClN2O2S/c1-18(11-12-5-3-2-4-6-12)21(19,20)15-9-13(10-17)7-8-14(15)16/h2-9H,11H2,1H3. The predicted octanol–water partition coefficient (Wildman–Crippen LogP) is 3.03. The Morgan fingerprint density at radius 3 is 2.48 bits per heavy atom. The molecule has 0 radical (unpaired) electrons. The lowest BCUT2D eigenvalue weighted by molar-refractivity contribution is 0.467. The third-order valence-corrected chi connectivity index (χ3v) is 5.28. The number of sulfonamides is 1. The molecule has 0 heterocycles. The van der Waals surface area contributed by atoms with Crippen LogP contribution < -0.4 is 0 Å². The minimum atomic E-state index is -3.75. The van der Waals surface area contributed by atoms with Crippen molar-refractivity contribution in [3.05, 3.63) is 64.7 Å². The fourth-order valence-electron chi connectivity index (χ4n) is 1.86. The molecule has 0 aliphatic heterocycles. The van der Waals surface area contributed by atoms with Crippen LogP contribution in [0.1, 0.15) is 11.1 Å². The van der Waals surface area contributed by atoms with E-state index in [0.29, 0.717) is 0 Å². The second-order valence-electron chi connectivity index (χ2n) is 4.50. The molecule has 21 heavy (non-hydrogen) atoms. The van der Waals surface area contributed by atoms with Crippen molar-refractivity contribution in [3.8, 4) is 6.07 Å². The summed E-state index contributed by atoms with van der Waals surface area (Å²) in [7, 11) is -2.27. The summed E-state index contributed by atoms with van der Waals surface area (Å²) in [4.78, 5) is -0.0540. The molecule has 0 atom stereocenters. The summed E-state index contributed by atoms with van der Waals surface area (Å²) >= 11 is 5.97. The summed E-state index contributed by atoms with van der Waals surface area (Å²) in [5, 5.41) is 9.00. The van der Waals surface area contributed by atoms with Gasteiger partial charge in [-0.15, -0.1) is 0 Å². The Morgan fingerprint density at radius 1 is 1.19 bits per heavy atom. The summed E-state index contributed by atoms with van der Waals surface area (Å²) < 4.78 is 26.3. The molecule has 0 saturated carbocycles. The van der Waals surface area contributed by atoms with Gasteiger partial charge in [0, 0.05) is 13.6 Å². The molecule has 0 aliphatic rings. The average Bonchev–Trinajstić information content (AvgIpc) is 2.48. The van der Waals surface area contributed by atoms with Crippen molar-refractivity contribution in [2.75, 3.05) is 7.05 Å². The number of nitriles is 1. The van der Waals surface area contributed by atoms with Crippen LogP contribution >= 0.6 is 11.6 Å². The minimum Gasteiger partial charge on any atom is -0.207 e. The van der Waals surface area contributed by atoms with Gasteiger partial charge in [0.25, 0.3) is 0 Å². The van der Waals surface area contributed by atoms with Gasteiger partial charge in [0.15, 0.2) is 0 Å². The molecule has 0 bridgehead atoms. The quantitative estimate of drug-likeness (QED) is 0.870. The van der Waals surface area contributed by atoms with Gasteiger partial charge in [-0.05, 0) is 23.8 Å². The lowest BCUT2D eigenvalue weighted by Crippen LogP contribution is -2.26. The third-order valence-electron chi connectivity index (χ3n) is 3.00. The van der Waals surface area contributed by atoms with Crippen molar-refractivity contribution in [3.63, 3.8) is 0 Å². The highest BCUT2D eigenvalue weighted by molar-refractivity contribution is 7.89. The number of hydrogen-bond acceptors (Lipinski definition) is 3. The lowest BCUT2D eigenvalue weighted by Gasteiger charge is -2.18. The van der Waals surface area contributed by atoms with E-state index in [0.717, 1.165) is 5.56 Å². The zero-order chi connectivity index (χ0) is 15.5. The molecule has 0 fully saturated rings. The summed E-state index contributed by atoms with van der Waals surface area (Å²) in [6.07, 6.45) is 0. The van der Waals surface area contributed by atoms with E-state index in [-0.39, 0.29) is 22.0 Å². The molecule has 0 aromatic heterocycles. The van der Waals surface area contributed by atoms with Gasteiger partial charge < -0.3 is 0 Å². The lowest BCUT2D eigenvalue weighted by atomic mass is 10.2. The van der Waals surface area contributed by atoms with Crippen LogP contribution in [0.3, 0.4) is 0 Å². The highest BCUT2D eigenvalue weighted by atomic mass is 35.5. The van der Waals surface area contributed by atoms with Crippen LogP contribution in [0.5, 0.6) is 0 Å². The van der Waals surface area contributed by atoms with Crippen molar-refractivity contribution in [1.82, 2.24) is 4.31 Å². The molecule has 2 aromatic carbocycles. The first kappa shape index (κ1) is 15.5. The van der Waals surface area contributed by atoms with Crippen molar-refractivity contribution >= 4 is 21.6 Å². The van der Waals surface area contributed by atoms with Crippen LogP contribution in [0.2, 0.25) is 5.02 Å². The van der Waals surface area contributed by atoms with Gasteiger partial charge in [0.2, 0.25) is 10.0 Å². The van der Waals surface area contributed by atoms with E-state index < -0.39 is 10.0 Å². The summed E-state index contributed by atoms with van der Waals surface area (Å²) in [6.45, 7) is 0.232. The van der Waals surface area contributed by atoms with Crippen molar-refractivity contribution in [2.24, 2.45) is 0 Å². The number of halogens is 1. The van der Waals surface area contributed by atoms with Gasteiger partial charge >= 0.3 is 0 Å². The number of rotatable bonds is 4. The Labute approximate surface area is 129 Å². The van der Waals surface area contributed by atoms with Crippen LogP contribution in [0.15, 0.2) is 53.4 Å². The van der Waals surface area contributed by atoms with Crippen LogP contribution in [-0.2, 0) is 16.6 Å². The topological polar surface area (TPSA) is 61.2 Å². The van der Waals surface area contributed by atoms with Crippen molar-refractivity contribution in [1.29, 1.82) is 5.26 Å². The minimum absolute atomic E-state index is 0.0540. The fourth-order valence-corrected chi connectivity index (χ4v) is 3.52. The number of benzene rings is 2. The maximum absolute atomic E-state index is 12.6. The van der Waals surface area contributed by atoms with Gasteiger partial charge in [0.1, 0.15) is 4.90 Å². The normalized spacial score (nSPS) is 11.3. The molecule has 2 rings (SSSR count). The van der Waals surface area contributed by atoms with E-state index in [1.807, 2.05) is 36.4 Å². The highest BCUT2D eigenvalue weighted by Crippen LogP contribution is 2.26. The molecule has 0 saturated heterocycles. The predicted molar refractivity (Wildman–Crippen MR) is 81.3 cm³/mol. The first-order valence-corrected chi connectivity index (χ1v) is 7.97. The maximum atomic E-state index is 12.6. The van der Waals surface area contributed by atoms with E-state index in [1.165, 1.54) is 29.6 Å². The van der Waals surface area contributed by atoms with Crippen LogP contribution in [-0.4, -0.2) is 19.8 Å². The Bertz CT molecular complexity index is 783. The monoisotopic (exact) mass is 320 g/mol. The van der Waals surface area contributed by atoms with Gasteiger partial charge in [-0.1, -0.05) is 41.9 Å². The summed E-state index contributed by atoms with van der Waals surface area (Å²) in [6, 6.07) is 15.4. The average molecular weight is 321 g/mol. The zero-order valence-corrected chi connectivity index (χ0v) is 12.9. The van der Waals surface area contributed by atoms with E-state index in [4.69, 9.17) is 16.9 Å². The first-order chi connectivity index (χ1) is 9.95. The summed E-state index contributed by atoms with van der Waals surface area (Å²) in [5.41, 5.74) is 1.13. The fraction of sp³-hybridized carbons (Fsp3) is 0.133. The van der Waals surface area contributed by atoms with E-state index >= 15 is 0 Å². The Balaban J connectivity index is 2.36. The molecule has 0 amide bonds. The van der Waals surface area contributed by atoms with Crippen molar-refractivity contribution < 1.29 is 8.42 Å². The van der Waals surface area contributed by atoms with Gasteiger partial charge in [0.05, 0.1) is 16.7 Å². The van der Waals surface area contributed by atoms with E-state index in [1.54, 1.807) is 0 Å². The molecular formula is C15H13ClN2O2S. The summed E-state index contributed by atoms with van der Waals surface area (Å²) in [5.74, 6) is 0. The van der Waals surface area contributed by atoms with Gasteiger partial charge in [-0.3, -0.25) is 0 Å². The molecule has 4 nitrogen and oxygen atoms in total. The number of hydrogen-bond donors (Lipinski definition) is 0. The molecule has 0 N–H and O–H groups in total. The Kier molecular flexibility index (Phi) is 4.63. The van der Waals surface area contributed by atoms with Crippen LogP contribution in [0, 0.1) is 11.3 Å². The van der Waals surface area contributed by atoms with Crippen molar-refractivity contribution in [2.45, 2.75) is 11.4 Å². The van der Waals surface area contributed by atoms with E-state index in [2.05, 4.69) is 0 Å². The van der Waals surface area contributed by atoms with Crippen LogP contribution in [0.25, 0.3) is 0 Å². The highest BCUT2D eigenvalue weighted by Gasteiger charge is 2.24. The van der Waals surface area contributed by atoms with Gasteiger partial charge in [-0.25, -0.2) is 8.42 Å². The molecular weight excluding hydrogens is 308 g/mol. The molecule has 2 aromatic rings. The Morgan fingerprint density at radius 2 is 1.86 bits per heavy atom. The molecule has 0 aliphatic carbocycles. The largest absolute Gasteiger partial charge is 0.244 e. The Hall–Kier alpha value is -1.87. The number of nitrogens with zero attached hydrogens (tertiary/aromatic N) is 2. The SMILES string of the molecule is CN(Cc1ccccc1)S(=O)(=O)c1cc(C#N)ccc1Cl. The molecule has 0 unspecified atom stereocenters. The van der Waals surface area contributed by atoms with E-state index in [9.17, 15) is 8.42 Å². The smallest absolute Gasteiger partial charge is 0.207 e. The zero-order valence-electron chi connectivity index (χ0n) is 11.3.